The number of alkyl halides is 1. The lowest BCUT2D eigenvalue weighted by Crippen LogP contribution is -1.99. The lowest BCUT2D eigenvalue weighted by Gasteiger charge is -2.07. The molecule has 1 aromatic rings. The van der Waals surface area contributed by atoms with Gasteiger partial charge in [0.2, 0.25) is 0 Å². The first-order valence-corrected chi connectivity index (χ1v) is 6.22. The number of allylic oxidation sites excluding steroid dienone is 1. The number of benzene rings is 1. The average molecular weight is 228 g/mol. The van der Waals surface area contributed by atoms with Crippen LogP contribution in [0.25, 0.3) is 0 Å². The van der Waals surface area contributed by atoms with E-state index in [2.05, 4.69) is 23.7 Å². The van der Waals surface area contributed by atoms with E-state index in [-0.39, 0.29) is 0 Å². The monoisotopic (exact) mass is 227 g/mol. The zero-order valence-electron chi connectivity index (χ0n) is 8.16. The zero-order chi connectivity index (χ0) is 10.2. The van der Waals surface area contributed by atoms with Crippen LogP contribution in [0.1, 0.15) is 0 Å². The maximum atomic E-state index is 5.52. The largest absolute Gasteiger partial charge is 0.381 e. The van der Waals surface area contributed by atoms with Crippen molar-refractivity contribution in [1.82, 2.24) is 0 Å². The molecule has 0 spiro atoms. The fraction of sp³-hybridized carbons (Fsp3) is 0.273. The van der Waals surface area contributed by atoms with Crippen molar-refractivity contribution in [3.8, 4) is 0 Å². The minimum absolute atomic E-state index is 0.575. The Morgan fingerprint density at radius 2 is 2.14 bits per heavy atom. The molecule has 0 saturated heterocycles. The lowest BCUT2D eigenvalue weighted by atomic mass is 10.3. The van der Waals surface area contributed by atoms with E-state index in [1.54, 1.807) is 11.8 Å². The summed E-state index contributed by atoms with van der Waals surface area (Å²) in [5.74, 6) is 0.575. The number of para-hydroxylation sites is 1. The summed E-state index contributed by atoms with van der Waals surface area (Å²) in [5.41, 5.74) is 1.18. The molecule has 0 saturated carbocycles. The first kappa shape index (κ1) is 11.5. The van der Waals surface area contributed by atoms with E-state index in [4.69, 9.17) is 11.6 Å². The van der Waals surface area contributed by atoms with Crippen molar-refractivity contribution in [2.75, 3.05) is 24.0 Å². The lowest BCUT2D eigenvalue weighted by molar-refractivity contribution is 1.28. The van der Waals surface area contributed by atoms with E-state index in [1.165, 1.54) is 10.6 Å². The molecule has 0 aliphatic carbocycles. The smallest absolute Gasteiger partial charge is 0.0480 e. The molecular weight excluding hydrogens is 214 g/mol. The molecule has 0 heterocycles. The summed E-state index contributed by atoms with van der Waals surface area (Å²) in [5, 5.41) is 3.33. The Hall–Kier alpha value is -0.600. The van der Waals surface area contributed by atoms with Crippen LogP contribution in [0.2, 0.25) is 0 Å². The maximum absolute atomic E-state index is 5.52. The normalized spacial score (nSPS) is 10.7. The summed E-state index contributed by atoms with van der Waals surface area (Å²) in [6, 6.07) is 8.28. The van der Waals surface area contributed by atoms with Crippen LogP contribution in [0.4, 0.5) is 5.69 Å². The quantitative estimate of drug-likeness (QED) is 0.469. The van der Waals surface area contributed by atoms with Crippen molar-refractivity contribution in [1.29, 1.82) is 0 Å². The molecule has 0 bridgehead atoms. The topological polar surface area (TPSA) is 12.0 Å². The minimum Gasteiger partial charge on any atom is -0.381 e. The summed E-state index contributed by atoms with van der Waals surface area (Å²) in [4.78, 5) is 1.27. The second-order valence-corrected chi connectivity index (χ2v) is 3.86. The molecule has 0 aliphatic rings. The first-order valence-electron chi connectivity index (χ1n) is 4.46. The van der Waals surface area contributed by atoms with Gasteiger partial charge in [0, 0.05) is 23.0 Å². The van der Waals surface area contributed by atoms with Crippen molar-refractivity contribution >= 4 is 29.1 Å². The summed E-state index contributed by atoms with van der Waals surface area (Å²) >= 11 is 7.27. The predicted molar refractivity (Wildman–Crippen MR) is 66.6 cm³/mol. The van der Waals surface area contributed by atoms with Gasteiger partial charge in [-0.3, -0.25) is 0 Å². The van der Waals surface area contributed by atoms with Gasteiger partial charge in [-0.15, -0.1) is 23.4 Å². The van der Waals surface area contributed by atoms with Crippen molar-refractivity contribution < 1.29 is 0 Å². The molecular formula is C11H14ClNS. The molecule has 1 rings (SSSR count). The van der Waals surface area contributed by atoms with Gasteiger partial charge in [-0.25, -0.2) is 0 Å². The summed E-state index contributed by atoms with van der Waals surface area (Å²) in [6.07, 6.45) is 6.05. The van der Waals surface area contributed by atoms with Crippen LogP contribution in [-0.2, 0) is 0 Å². The van der Waals surface area contributed by atoms with Crippen LogP contribution in [0.3, 0.4) is 0 Å². The Balaban J connectivity index is 2.53. The van der Waals surface area contributed by atoms with Crippen LogP contribution >= 0.6 is 23.4 Å². The highest BCUT2D eigenvalue weighted by atomic mass is 35.5. The van der Waals surface area contributed by atoms with Crippen molar-refractivity contribution in [2.45, 2.75) is 4.90 Å². The second-order valence-electron chi connectivity index (χ2n) is 2.71. The SMILES string of the molecule is CSc1ccccc1NC/C=C/CCl. The predicted octanol–water partition coefficient (Wildman–Crippen LogP) is 3.62. The molecule has 0 unspecified atom stereocenters. The number of hydrogen-bond acceptors (Lipinski definition) is 2. The van der Waals surface area contributed by atoms with Gasteiger partial charge >= 0.3 is 0 Å². The number of halogens is 1. The number of anilines is 1. The molecule has 0 aromatic heterocycles. The van der Waals surface area contributed by atoms with E-state index >= 15 is 0 Å². The van der Waals surface area contributed by atoms with Crippen molar-refractivity contribution in [3.63, 3.8) is 0 Å². The molecule has 1 aromatic carbocycles. The summed E-state index contributed by atoms with van der Waals surface area (Å²) in [7, 11) is 0. The van der Waals surface area contributed by atoms with E-state index in [0.717, 1.165) is 6.54 Å². The highest BCUT2D eigenvalue weighted by molar-refractivity contribution is 7.98. The van der Waals surface area contributed by atoms with Crippen LogP contribution in [0.15, 0.2) is 41.3 Å². The maximum Gasteiger partial charge on any atom is 0.0480 e. The number of hydrogen-bond donors (Lipinski definition) is 1. The van der Waals surface area contributed by atoms with Crippen LogP contribution < -0.4 is 5.32 Å². The fourth-order valence-corrected chi connectivity index (χ4v) is 1.81. The minimum atomic E-state index is 0.575. The molecule has 1 N–H and O–H groups in total. The van der Waals surface area contributed by atoms with Gasteiger partial charge in [0.25, 0.3) is 0 Å². The van der Waals surface area contributed by atoms with E-state index < -0.39 is 0 Å². The number of thioether (sulfide) groups is 1. The van der Waals surface area contributed by atoms with Gasteiger partial charge in [-0.2, -0.15) is 0 Å². The number of nitrogens with one attached hydrogen (secondary N) is 1. The van der Waals surface area contributed by atoms with E-state index in [0.29, 0.717) is 5.88 Å². The van der Waals surface area contributed by atoms with Crippen molar-refractivity contribution in [3.05, 3.63) is 36.4 Å². The highest BCUT2D eigenvalue weighted by Gasteiger charge is 1.96. The molecule has 14 heavy (non-hydrogen) atoms. The van der Waals surface area contributed by atoms with Crippen LogP contribution in [0, 0.1) is 0 Å². The molecule has 0 atom stereocenters. The third-order valence-corrected chi connectivity index (χ3v) is 2.75. The Morgan fingerprint density at radius 1 is 1.36 bits per heavy atom. The Kier molecular flexibility index (Phi) is 5.57. The van der Waals surface area contributed by atoms with Gasteiger partial charge in [0.1, 0.15) is 0 Å². The fourth-order valence-electron chi connectivity index (χ4n) is 1.11. The van der Waals surface area contributed by atoms with Crippen LogP contribution in [0.5, 0.6) is 0 Å². The van der Waals surface area contributed by atoms with E-state index in [9.17, 15) is 0 Å². The Morgan fingerprint density at radius 3 is 2.86 bits per heavy atom. The van der Waals surface area contributed by atoms with Crippen molar-refractivity contribution in [2.24, 2.45) is 0 Å². The number of rotatable bonds is 5. The van der Waals surface area contributed by atoms with Gasteiger partial charge < -0.3 is 5.32 Å². The standard InChI is InChI=1S/C11H14ClNS/c1-14-11-7-3-2-6-10(11)13-9-5-4-8-12/h2-7,13H,8-9H2,1H3/b5-4+. The molecule has 0 fully saturated rings. The third-order valence-electron chi connectivity index (χ3n) is 1.77. The molecule has 0 radical (unpaired) electrons. The molecule has 76 valence electrons. The first-order chi connectivity index (χ1) is 6.88. The van der Waals surface area contributed by atoms with Crippen LogP contribution in [-0.4, -0.2) is 18.7 Å². The molecule has 3 heteroatoms. The summed E-state index contributed by atoms with van der Waals surface area (Å²) < 4.78 is 0. The molecule has 1 nitrogen and oxygen atoms in total. The van der Waals surface area contributed by atoms with Gasteiger partial charge in [-0.05, 0) is 18.4 Å². The van der Waals surface area contributed by atoms with Gasteiger partial charge in [0.15, 0.2) is 0 Å². The second kappa shape index (κ2) is 6.80. The Bertz CT molecular complexity index is 299. The van der Waals surface area contributed by atoms with Gasteiger partial charge in [-0.1, -0.05) is 24.3 Å². The average Bonchev–Trinajstić information content (AvgIpc) is 2.25. The van der Waals surface area contributed by atoms with E-state index in [1.807, 2.05) is 24.3 Å². The van der Waals surface area contributed by atoms with Gasteiger partial charge in [0.05, 0.1) is 0 Å². The molecule has 0 amide bonds. The highest BCUT2D eigenvalue weighted by Crippen LogP contribution is 2.24. The molecule has 0 aliphatic heterocycles. The summed E-state index contributed by atoms with van der Waals surface area (Å²) in [6.45, 7) is 0.824. The Labute approximate surface area is 94.5 Å². The zero-order valence-corrected chi connectivity index (χ0v) is 9.74. The third kappa shape index (κ3) is 3.64.